The molecule has 3 N–H and O–H groups in total. The second kappa shape index (κ2) is 7.51. The molecule has 1 rings (SSSR count). The Morgan fingerprint density at radius 3 is 2.67 bits per heavy atom. The Bertz CT molecular complexity index is 396. The van der Waals surface area contributed by atoms with Gasteiger partial charge in [-0.3, -0.25) is 4.79 Å². The molecule has 0 aliphatic heterocycles. The minimum absolute atomic E-state index is 0.0978. The first-order valence-corrected chi connectivity index (χ1v) is 6.74. The van der Waals surface area contributed by atoms with E-state index in [1.165, 1.54) is 0 Å². The summed E-state index contributed by atoms with van der Waals surface area (Å²) in [5.41, 5.74) is 0.757. The highest BCUT2D eigenvalue weighted by molar-refractivity contribution is 9.10. The molecule has 0 spiro atoms. The molecular weight excluding hydrogens is 296 g/mol. The van der Waals surface area contributed by atoms with E-state index in [0.29, 0.717) is 6.42 Å². The van der Waals surface area contributed by atoms with Crippen LogP contribution in [0, 0.1) is 0 Å². The summed E-state index contributed by atoms with van der Waals surface area (Å²) < 4.78 is 0.857. The first-order chi connectivity index (χ1) is 8.49. The maximum atomic E-state index is 11.7. The molecule has 1 aromatic carbocycles. The fourth-order valence-electron chi connectivity index (χ4n) is 1.62. The first-order valence-electron chi connectivity index (χ1n) is 5.95. The van der Waals surface area contributed by atoms with Gasteiger partial charge < -0.3 is 15.7 Å². The highest BCUT2D eigenvalue weighted by Crippen LogP contribution is 2.20. The Morgan fingerprint density at radius 1 is 1.39 bits per heavy atom. The summed E-state index contributed by atoms with van der Waals surface area (Å²) in [7, 11) is 0. The fraction of sp³-hybridized carbons (Fsp3) is 0.462. The zero-order valence-corrected chi connectivity index (χ0v) is 12.2. The van der Waals surface area contributed by atoms with Crippen molar-refractivity contribution >= 4 is 27.5 Å². The molecule has 2 atom stereocenters. The van der Waals surface area contributed by atoms with Crippen molar-refractivity contribution in [2.24, 2.45) is 0 Å². The Labute approximate surface area is 116 Å². The molecule has 4 nitrogen and oxygen atoms in total. The van der Waals surface area contributed by atoms with Crippen LogP contribution in [-0.2, 0) is 4.79 Å². The number of anilines is 1. The largest absolute Gasteiger partial charge is 0.393 e. The van der Waals surface area contributed by atoms with Crippen LogP contribution >= 0.6 is 15.9 Å². The number of halogens is 1. The van der Waals surface area contributed by atoms with Crippen LogP contribution in [0.5, 0.6) is 0 Å². The predicted molar refractivity (Wildman–Crippen MR) is 76.5 cm³/mol. The Hall–Kier alpha value is -0.910. The van der Waals surface area contributed by atoms with Crippen molar-refractivity contribution in [2.45, 2.75) is 32.4 Å². The second-order valence-corrected chi connectivity index (χ2v) is 5.25. The summed E-state index contributed by atoms with van der Waals surface area (Å²) >= 11 is 3.37. The summed E-state index contributed by atoms with van der Waals surface area (Å²) in [6.45, 7) is 3.91. The number of para-hydroxylation sites is 1. The standard InChI is InChI=1S/C13H19BrN2O2/c1-9(7-10(2)17)15-8-13(18)16-12-6-4-3-5-11(12)14/h3-6,9-10,15,17H,7-8H2,1-2H3,(H,16,18). The molecule has 0 heterocycles. The number of carbonyl (C=O) groups is 1. The fourth-order valence-corrected chi connectivity index (χ4v) is 2.00. The van der Waals surface area contributed by atoms with Crippen molar-refractivity contribution in [3.63, 3.8) is 0 Å². The Kier molecular flexibility index (Phi) is 6.32. The molecular formula is C13H19BrN2O2. The Morgan fingerprint density at radius 2 is 2.06 bits per heavy atom. The van der Waals surface area contributed by atoms with Crippen LogP contribution in [0.1, 0.15) is 20.3 Å². The normalized spacial score (nSPS) is 14.0. The van der Waals surface area contributed by atoms with Gasteiger partial charge in [0.15, 0.2) is 0 Å². The van der Waals surface area contributed by atoms with E-state index in [-0.39, 0.29) is 24.6 Å². The van der Waals surface area contributed by atoms with Crippen molar-refractivity contribution in [1.29, 1.82) is 0 Å². The van der Waals surface area contributed by atoms with Crippen LogP contribution in [0.2, 0.25) is 0 Å². The molecule has 100 valence electrons. The maximum Gasteiger partial charge on any atom is 0.238 e. The lowest BCUT2D eigenvalue weighted by atomic mass is 10.1. The molecule has 1 amide bonds. The number of hydrogen-bond donors (Lipinski definition) is 3. The first kappa shape index (κ1) is 15.1. The molecule has 0 radical (unpaired) electrons. The highest BCUT2D eigenvalue weighted by Gasteiger charge is 2.09. The van der Waals surface area contributed by atoms with Crippen molar-refractivity contribution < 1.29 is 9.90 Å². The number of aliphatic hydroxyl groups is 1. The summed E-state index contributed by atoms with van der Waals surface area (Å²) in [6, 6.07) is 7.57. The lowest BCUT2D eigenvalue weighted by molar-refractivity contribution is -0.115. The third-order valence-electron chi connectivity index (χ3n) is 2.45. The SMILES string of the molecule is CC(O)CC(C)NCC(=O)Nc1ccccc1Br. The van der Waals surface area contributed by atoms with Gasteiger partial charge in [-0.05, 0) is 48.3 Å². The van der Waals surface area contributed by atoms with Gasteiger partial charge in [-0.2, -0.15) is 0 Å². The van der Waals surface area contributed by atoms with Crippen LogP contribution in [0.3, 0.4) is 0 Å². The smallest absolute Gasteiger partial charge is 0.238 e. The molecule has 0 aliphatic rings. The van der Waals surface area contributed by atoms with Gasteiger partial charge in [0, 0.05) is 10.5 Å². The highest BCUT2D eigenvalue weighted by atomic mass is 79.9. The maximum absolute atomic E-state index is 11.7. The van der Waals surface area contributed by atoms with Crippen LogP contribution in [0.25, 0.3) is 0 Å². The average molecular weight is 315 g/mol. The average Bonchev–Trinajstić information content (AvgIpc) is 2.29. The zero-order valence-electron chi connectivity index (χ0n) is 10.6. The number of benzene rings is 1. The lowest BCUT2D eigenvalue weighted by Gasteiger charge is -2.15. The quantitative estimate of drug-likeness (QED) is 0.754. The van der Waals surface area contributed by atoms with Gasteiger partial charge in [0.2, 0.25) is 5.91 Å². The van der Waals surface area contributed by atoms with E-state index in [2.05, 4.69) is 26.6 Å². The number of hydrogen-bond acceptors (Lipinski definition) is 3. The summed E-state index contributed by atoms with van der Waals surface area (Å²) in [5, 5.41) is 15.1. The topological polar surface area (TPSA) is 61.4 Å². The molecule has 18 heavy (non-hydrogen) atoms. The van der Waals surface area contributed by atoms with E-state index in [4.69, 9.17) is 0 Å². The minimum Gasteiger partial charge on any atom is -0.393 e. The van der Waals surface area contributed by atoms with Crippen molar-refractivity contribution in [1.82, 2.24) is 5.32 Å². The molecule has 1 aromatic rings. The summed E-state index contributed by atoms with van der Waals surface area (Å²) in [5.74, 6) is -0.0978. The van der Waals surface area contributed by atoms with Gasteiger partial charge in [0.1, 0.15) is 0 Å². The third-order valence-corrected chi connectivity index (χ3v) is 3.15. The second-order valence-electron chi connectivity index (χ2n) is 4.39. The van der Waals surface area contributed by atoms with E-state index in [0.717, 1.165) is 10.2 Å². The molecule has 0 aliphatic carbocycles. The zero-order chi connectivity index (χ0) is 13.5. The molecule has 2 unspecified atom stereocenters. The summed E-state index contributed by atoms with van der Waals surface area (Å²) in [6.07, 6.45) is 0.265. The number of carbonyl (C=O) groups excluding carboxylic acids is 1. The number of nitrogens with one attached hydrogen (secondary N) is 2. The molecule has 0 bridgehead atoms. The van der Waals surface area contributed by atoms with Crippen LogP contribution < -0.4 is 10.6 Å². The van der Waals surface area contributed by atoms with E-state index in [9.17, 15) is 9.90 Å². The van der Waals surface area contributed by atoms with Gasteiger partial charge in [0.05, 0.1) is 18.3 Å². The number of amides is 1. The van der Waals surface area contributed by atoms with Gasteiger partial charge in [-0.1, -0.05) is 12.1 Å². The molecule has 0 saturated carbocycles. The minimum atomic E-state index is -0.362. The van der Waals surface area contributed by atoms with Gasteiger partial charge in [0.25, 0.3) is 0 Å². The van der Waals surface area contributed by atoms with E-state index >= 15 is 0 Å². The van der Waals surface area contributed by atoms with Crippen molar-refractivity contribution in [2.75, 3.05) is 11.9 Å². The third kappa shape index (κ3) is 5.62. The lowest BCUT2D eigenvalue weighted by Crippen LogP contribution is -2.36. The van der Waals surface area contributed by atoms with Crippen LogP contribution in [0.15, 0.2) is 28.7 Å². The van der Waals surface area contributed by atoms with Gasteiger partial charge >= 0.3 is 0 Å². The van der Waals surface area contributed by atoms with E-state index in [1.54, 1.807) is 6.92 Å². The Balaban J connectivity index is 2.36. The van der Waals surface area contributed by atoms with E-state index < -0.39 is 0 Å². The summed E-state index contributed by atoms with van der Waals surface area (Å²) in [4.78, 5) is 11.7. The van der Waals surface area contributed by atoms with Gasteiger partial charge in [-0.25, -0.2) is 0 Å². The molecule has 0 aromatic heterocycles. The van der Waals surface area contributed by atoms with Gasteiger partial charge in [-0.15, -0.1) is 0 Å². The monoisotopic (exact) mass is 314 g/mol. The van der Waals surface area contributed by atoms with E-state index in [1.807, 2.05) is 31.2 Å². The van der Waals surface area contributed by atoms with Crippen LogP contribution in [0.4, 0.5) is 5.69 Å². The van der Waals surface area contributed by atoms with Crippen LogP contribution in [-0.4, -0.2) is 29.7 Å². The molecule has 0 saturated heterocycles. The van der Waals surface area contributed by atoms with Crippen molar-refractivity contribution in [3.05, 3.63) is 28.7 Å². The predicted octanol–water partition coefficient (Wildman–Crippen LogP) is 2.14. The number of rotatable bonds is 6. The van der Waals surface area contributed by atoms with Crippen molar-refractivity contribution in [3.8, 4) is 0 Å². The number of aliphatic hydroxyl groups excluding tert-OH is 1. The molecule has 5 heteroatoms. The molecule has 0 fully saturated rings.